The quantitative estimate of drug-likeness (QED) is 0.00866. The number of hydrazine groups is 1. The van der Waals surface area contributed by atoms with Crippen molar-refractivity contribution in [2.45, 2.75) is 238 Å². The molecule has 41 heteroatoms. The Labute approximate surface area is 702 Å². The maximum atomic E-state index is 15.0. The Balaban J connectivity index is 1.26. The number of piperidine rings is 1. The van der Waals surface area contributed by atoms with Crippen LogP contribution >= 0.6 is 32.9 Å². The molecule has 1 unspecified atom stereocenters. The van der Waals surface area contributed by atoms with Crippen LogP contribution in [0.4, 0.5) is 14.4 Å². The van der Waals surface area contributed by atoms with Gasteiger partial charge in [0.25, 0.3) is 5.91 Å². The minimum absolute atomic E-state index is 0.00698. The minimum atomic E-state index is -1.74. The lowest BCUT2D eigenvalue weighted by Crippen LogP contribution is -2.59. The lowest BCUT2D eigenvalue weighted by molar-refractivity contribution is -0.160. The van der Waals surface area contributed by atoms with Gasteiger partial charge in [-0.2, -0.15) is 0 Å². The Morgan fingerprint density at radius 1 is 0.664 bits per heavy atom. The third-order valence-electron chi connectivity index (χ3n) is 19.1. The number of urea groups is 2. The van der Waals surface area contributed by atoms with Gasteiger partial charge in [0, 0.05) is 86.2 Å². The number of phenolic OH excluding ortho intramolecular Hbond substituents is 1. The number of benzene rings is 2. The maximum Gasteiger partial charge on any atom is 0.426 e. The number of carbonyl (C=O) groups excluding carboxylic acids is 12. The number of carbonyl (C=O) groups is 16. The largest absolute Gasteiger partial charge is 0.508 e. The number of likely N-dealkylation sites (N-methyl/N-ethyl adjacent to an activating group) is 1. The predicted molar refractivity (Wildman–Crippen MR) is 438 cm³/mol. The summed E-state index contributed by atoms with van der Waals surface area (Å²) in [6.45, 7) is 15.8. The number of hydrogen-bond donors (Lipinski definition) is 16. The van der Waals surface area contributed by atoms with E-state index in [0.717, 1.165) is 30.7 Å². The first kappa shape index (κ1) is 101. The number of aliphatic carboxylic acids is 4. The molecule has 0 bridgehead atoms. The van der Waals surface area contributed by atoms with Crippen LogP contribution in [-0.2, 0) is 91.1 Å². The van der Waals surface area contributed by atoms with Crippen LogP contribution in [0.2, 0.25) is 0 Å². The third-order valence-corrected chi connectivity index (χ3v) is 22.6. The van der Waals surface area contributed by atoms with Crippen molar-refractivity contribution in [3.05, 3.63) is 81.3 Å². The molecule has 4 rings (SSSR count). The van der Waals surface area contributed by atoms with Gasteiger partial charge in [-0.05, 0) is 126 Å². The zero-order chi connectivity index (χ0) is 88.4. The molecule has 1 aliphatic heterocycles. The molecule has 12 amide bonds. The van der Waals surface area contributed by atoms with Gasteiger partial charge in [-0.15, -0.1) is 11.3 Å². The van der Waals surface area contributed by atoms with Gasteiger partial charge < -0.3 is 92.5 Å². The third kappa shape index (κ3) is 38.8. The minimum Gasteiger partial charge on any atom is -0.508 e. The fraction of sp³-hybridized carbons (Fsp3) is 0.603. The Morgan fingerprint density at radius 3 is 1.94 bits per heavy atom. The zero-order valence-electron chi connectivity index (χ0n) is 68.7. The Bertz CT molecular complexity index is 3880. The summed E-state index contributed by atoms with van der Waals surface area (Å²) in [5, 5.41) is 72.5. The second-order valence-electron chi connectivity index (χ2n) is 29.5. The Morgan fingerprint density at radius 2 is 1.32 bits per heavy atom. The average molecular weight is 1730 g/mol. The van der Waals surface area contributed by atoms with Crippen LogP contribution in [0.25, 0.3) is 0 Å². The molecule has 2 aromatic carbocycles. The molecular weight excluding hydrogens is 1610 g/mol. The van der Waals surface area contributed by atoms with Crippen molar-refractivity contribution < 1.29 is 116 Å². The van der Waals surface area contributed by atoms with E-state index >= 15 is 4.79 Å². The number of aromatic hydroxyl groups is 1. The molecule has 12 atom stereocenters. The number of carboxylic acids is 4. The molecule has 1 saturated heterocycles. The number of amides is 12. The van der Waals surface area contributed by atoms with E-state index in [1.54, 1.807) is 57.2 Å². The van der Waals surface area contributed by atoms with E-state index in [-0.39, 0.29) is 110 Å². The van der Waals surface area contributed by atoms with Gasteiger partial charge in [0.05, 0.1) is 25.3 Å². The Hall–Kier alpha value is -10.6. The van der Waals surface area contributed by atoms with Crippen molar-refractivity contribution in [1.82, 2.24) is 73.5 Å². The molecule has 119 heavy (non-hydrogen) atoms. The highest BCUT2D eigenvalue weighted by Gasteiger charge is 2.40. The number of ether oxygens (including phenoxy) is 3. The van der Waals surface area contributed by atoms with E-state index in [2.05, 4.69) is 63.7 Å². The molecule has 3 aromatic rings. The molecule has 2 heterocycles. The molecule has 1 aliphatic rings. The second kappa shape index (κ2) is 53.1. The fourth-order valence-electron chi connectivity index (χ4n) is 12.4. The van der Waals surface area contributed by atoms with Gasteiger partial charge in [-0.25, -0.2) is 29.6 Å². The topological polar surface area (TPSA) is 554 Å². The first-order valence-electron chi connectivity index (χ1n) is 39.5. The number of esters is 2. The number of likely N-dealkylation sites (tertiary alicyclic amines) is 1. The summed E-state index contributed by atoms with van der Waals surface area (Å²) >= 11 is 1.03. The van der Waals surface area contributed by atoms with Crippen LogP contribution in [-0.4, -0.2) is 235 Å². The monoisotopic (exact) mass is 1730 g/mol. The van der Waals surface area contributed by atoms with Crippen LogP contribution in [0, 0.1) is 17.8 Å². The molecule has 38 nitrogen and oxygen atoms in total. The van der Waals surface area contributed by atoms with Gasteiger partial charge in [0.2, 0.25) is 35.4 Å². The van der Waals surface area contributed by atoms with Crippen LogP contribution in [0.15, 0.2) is 53.9 Å². The number of rotatable bonds is 52. The number of aromatic nitrogens is 1. The summed E-state index contributed by atoms with van der Waals surface area (Å²) in [4.78, 5) is 214. The van der Waals surface area contributed by atoms with Crippen molar-refractivity contribution in [3.63, 3.8) is 0 Å². The molecule has 16 N–H and O–H groups in total. The van der Waals surface area contributed by atoms with E-state index in [1.807, 2.05) is 46.6 Å². The number of nitrogens with one attached hydrogen (secondary N) is 11. The number of hydrogen-bond acceptors (Lipinski definition) is 25. The lowest BCUT2D eigenvalue weighted by Gasteiger charge is -2.39. The van der Waals surface area contributed by atoms with Gasteiger partial charge in [-0.1, -0.05) is 112 Å². The summed E-state index contributed by atoms with van der Waals surface area (Å²) in [6, 6.07) is 2.53. The molecule has 0 saturated carbocycles. The van der Waals surface area contributed by atoms with Crippen molar-refractivity contribution in [1.29, 1.82) is 0 Å². The van der Waals surface area contributed by atoms with Gasteiger partial charge >= 0.3 is 54.0 Å². The average Bonchev–Trinajstić information content (AvgIpc) is 1.75. The normalized spacial score (nSPS) is 15.4. The SMILES string of the molecule is CCCC(=O)OCN(C(=O)[C@@H](NC(=O)[C@H]1CCCCN1C)C(C)CC)[C@H](C[C@@H](OC(C)=O)c1nc(C(=O)N[C@@H](Cc2ccc(O)cc2)C[C@H](C)C(=O)NNC(=O)OCCSSC[C@@H](C)NC(=O)[C@H](CC(=O)O)NC(=O)[C@H](CC(=O)O)NC(=O)Cc2ccc(CNC(=O)NCCCC[C@@H](C)NC(=O)N[C@@H](CCC(=O)O)C(=O)O)cc2)cs1)C(C)C. The summed E-state index contributed by atoms with van der Waals surface area (Å²) in [7, 11) is 4.33. The standard InChI is InChI=1S/C78H116N14O24S3/c1-11-17-66(102)115-43-92(74(108)67(45(5)12-2)88-72(107)59-19-14-16-31-91(59)10)60(44(3)4)39-61(116-49(9)93)73-86-58(42-117-73)71(106)83-53(35-50-24-26-54(94)27-25-50)34-46(6)68(103)89-90-78(113)114-32-33-118-119-41-48(8)81-69(104)57(38-65(100)101)85-70(105)56(37-64(98)99)84-62(95)36-51-20-22-52(23-21-51)40-80-76(111)79-30-15-13-18-47(7)82-77(112)87-55(75(109)110)28-29-63(96)97/h20-27,42,44-48,53,55-57,59-61,67,94H,11-19,28-41,43H2,1-10H3,(H,81,104)(H,83,106)(H,84,95)(H,85,105)(H,88,107)(H,89,103)(H,90,113)(H,96,97)(H,98,99)(H,100,101)(H,109,110)(H2,79,80,111)(H2,82,87,112)/t45?,46-,47+,48+,53+,55-,56-,57-,59+,60+,61+,67-/m0/s1. The lowest BCUT2D eigenvalue weighted by atomic mass is 9.92. The van der Waals surface area contributed by atoms with Gasteiger partial charge in [0.15, 0.2) is 12.8 Å². The fourth-order valence-corrected chi connectivity index (χ4v) is 15.4. The van der Waals surface area contributed by atoms with Gasteiger partial charge in [-0.3, -0.25) is 67.9 Å². The molecule has 660 valence electrons. The molecule has 0 aliphatic carbocycles. The van der Waals surface area contributed by atoms with Crippen molar-refractivity contribution in [3.8, 4) is 5.75 Å². The summed E-state index contributed by atoms with van der Waals surface area (Å²) in [5.41, 5.74) is 6.21. The first-order chi connectivity index (χ1) is 56.4. The number of unbranched alkanes of at least 4 members (excludes halogenated alkanes) is 1. The summed E-state index contributed by atoms with van der Waals surface area (Å²) in [5.74, 6) is -12.9. The van der Waals surface area contributed by atoms with Crippen LogP contribution in [0.3, 0.4) is 0 Å². The Kier molecular flexibility index (Phi) is 45.0. The second-order valence-corrected chi connectivity index (χ2v) is 33.1. The predicted octanol–water partition coefficient (Wildman–Crippen LogP) is 5.16. The van der Waals surface area contributed by atoms with E-state index in [4.69, 9.17) is 19.3 Å². The molecular formula is C78H116N14O24S3. The summed E-state index contributed by atoms with van der Waals surface area (Å²) in [6.07, 6.45) is 0.196. The van der Waals surface area contributed by atoms with Crippen LogP contribution in [0.1, 0.15) is 197 Å². The van der Waals surface area contributed by atoms with E-state index in [0.29, 0.717) is 55.2 Å². The van der Waals surface area contributed by atoms with Crippen LogP contribution < -0.4 is 58.7 Å². The van der Waals surface area contributed by atoms with Crippen molar-refractivity contribution in [2.24, 2.45) is 17.8 Å². The number of thiazole rings is 1. The molecule has 0 radical (unpaired) electrons. The number of phenols is 1. The maximum absolute atomic E-state index is 15.0. The van der Waals surface area contributed by atoms with Crippen molar-refractivity contribution >= 4 is 128 Å². The molecule has 0 spiro atoms. The first-order valence-corrected chi connectivity index (χ1v) is 42.8. The highest BCUT2D eigenvalue weighted by atomic mass is 33.1. The number of nitrogens with zero attached hydrogens (tertiary/aromatic N) is 3. The molecule has 1 aromatic heterocycles. The number of carboxylic acid groups (broad SMARTS) is 4. The molecule has 1 fully saturated rings. The van der Waals surface area contributed by atoms with Gasteiger partial charge in [0.1, 0.15) is 47.2 Å². The van der Waals surface area contributed by atoms with Crippen molar-refractivity contribution in [2.75, 3.05) is 45.0 Å². The summed E-state index contributed by atoms with van der Waals surface area (Å²) < 4.78 is 16.8. The highest BCUT2D eigenvalue weighted by Crippen LogP contribution is 2.33. The zero-order valence-corrected chi connectivity index (χ0v) is 71.2. The van der Waals surface area contributed by atoms with E-state index < -0.39 is 176 Å². The highest BCUT2D eigenvalue weighted by molar-refractivity contribution is 8.76. The van der Waals surface area contributed by atoms with E-state index in [1.165, 1.54) is 50.9 Å². The van der Waals surface area contributed by atoms with Crippen LogP contribution in [0.5, 0.6) is 5.75 Å². The smallest absolute Gasteiger partial charge is 0.426 e. The van der Waals surface area contributed by atoms with E-state index in [9.17, 15) is 92.3 Å².